The van der Waals surface area contributed by atoms with Gasteiger partial charge in [0.15, 0.2) is 0 Å². The van der Waals surface area contributed by atoms with Crippen molar-refractivity contribution >= 4 is 11.0 Å². The summed E-state index contributed by atoms with van der Waals surface area (Å²) >= 11 is 0. The van der Waals surface area contributed by atoms with Crippen LogP contribution in [0.25, 0.3) is 0 Å². The Balaban J connectivity index is 1.86. The molecule has 6 nitrogen and oxygen atoms in total. The Kier molecular flexibility index (Phi) is 7.43. The lowest BCUT2D eigenvalue weighted by molar-refractivity contribution is -0.0462. The molecule has 1 unspecified atom stereocenters. The van der Waals surface area contributed by atoms with Gasteiger partial charge < -0.3 is 5.73 Å². The average molecular weight is 476 g/mol. The Morgan fingerprint density at radius 1 is 1.41 bits per heavy atom. The molecule has 0 radical (unpaired) electrons. The molecule has 0 spiro atoms. The summed E-state index contributed by atoms with van der Waals surface area (Å²) in [5, 5.41) is 4.38. The van der Waals surface area contributed by atoms with E-state index in [0.717, 1.165) is 24.3 Å². The molecule has 0 amide bonds. The Labute approximate surface area is 188 Å². The number of nitrogens with zero attached hydrogens (tertiary/aromatic N) is 4. The van der Waals surface area contributed by atoms with Crippen LogP contribution >= 0.6 is 0 Å². The number of piperidine rings is 1. The van der Waals surface area contributed by atoms with Gasteiger partial charge in [-0.15, -0.1) is 0 Å². The van der Waals surface area contributed by atoms with E-state index in [2.05, 4.69) is 23.2 Å². The number of nitrogens with two attached hydrogens (primary N) is 1. The van der Waals surface area contributed by atoms with Gasteiger partial charge in [-0.05, 0) is 24.5 Å². The lowest BCUT2D eigenvalue weighted by Gasteiger charge is -2.48. The van der Waals surface area contributed by atoms with E-state index in [1.54, 1.807) is 6.20 Å². The molecule has 2 aliphatic heterocycles. The predicted molar refractivity (Wildman–Crippen MR) is 117 cm³/mol. The SMILES string of the molecule is C=C(F)/C=C(\C(=C)F)[C@@H]1[C@@H](N)C[C@@H](N2CCc3cn(S(C)=O)nc3C2)CN1CC(C)(F)F. The molecule has 3 rings (SSSR count). The third-order valence-electron chi connectivity index (χ3n) is 5.87. The maximum Gasteiger partial charge on any atom is 0.257 e. The Morgan fingerprint density at radius 2 is 2.09 bits per heavy atom. The zero-order valence-electron chi connectivity index (χ0n) is 18.2. The molecule has 4 atom stereocenters. The smallest absolute Gasteiger partial charge is 0.257 e. The molecule has 0 saturated carbocycles. The number of hydrogen-bond acceptors (Lipinski definition) is 5. The van der Waals surface area contributed by atoms with Crippen molar-refractivity contribution < 1.29 is 21.8 Å². The highest BCUT2D eigenvalue weighted by Crippen LogP contribution is 2.33. The molecular formula is C21H29F4N5OS. The van der Waals surface area contributed by atoms with E-state index in [1.807, 2.05) is 0 Å². The van der Waals surface area contributed by atoms with Gasteiger partial charge in [-0.25, -0.2) is 21.8 Å². The van der Waals surface area contributed by atoms with Crippen LogP contribution in [0.15, 0.2) is 42.7 Å². The first-order valence-electron chi connectivity index (χ1n) is 10.3. The van der Waals surface area contributed by atoms with Gasteiger partial charge in [0.1, 0.15) is 22.6 Å². The Morgan fingerprint density at radius 3 is 2.66 bits per heavy atom. The highest BCUT2D eigenvalue weighted by atomic mass is 32.2. The van der Waals surface area contributed by atoms with Crippen molar-refractivity contribution in [3.63, 3.8) is 0 Å². The van der Waals surface area contributed by atoms with Crippen LogP contribution in [0, 0.1) is 0 Å². The highest BCUT2D eigenvalue weighted by molar-refractivity contribution is 7.82. The summed E-state index contributed by atoms with van der Waals surface area (Å²) in [6, 6.07) is -1.86. The fourth-order valence-corrected chi connectivity index (χ4v) is 5.11. The minimum Gasteiger partial charge on any atom is -0.326 e. The summed E-state index contributed by atoms with van der Waals surface area (Å²) in [4.78, 5) is 3.52. The fourth-order valence-electron chi connectivity index (χ4n) is 4.62. The Hall–Kier alpha value is -1.82. The van der Waals surface area contributed by atoms with Gasteiger partial charge in [0.2, 0.25) is 0 Å². The van der Waals surface area contributed by atoms with Crippen molar-refractivity contribution in [2.45, 2.75) is 50.4 Å². The molecule has 1 aromatic rings. The fraction of sp³-hybridized carbons (Fsp3) is 0.571. The quantitative estimate of drug-likeness (QED) is 0.485. The van der Waals surface area contributed by atoms with Gasteiger partial charge in [0, 0.05) is 56.7 Å². The van der Waals surface area contributed by atoms with Gasteiger partial charge in [-0.3, -0.25) is 9.80 Å². The predicted octanol–water partition coefficient (Wildman–Crippen LogP) is 2.70. The van der Waals surface area contributed by atoms with Gasteiger partial charge in [-0.2, -0.15) is 9.19 Å². The number of alkyl halides is 2. The first kappa shape index (κ1) is 24.8. The normalized spacial score (nSPS) is 26.6. The van der Waals surface area contributed by atoms with E-state index in [1.165, 1.54) is 15.2 Å². The number of aromatic nitrogens is 2. The maximum atomic E-state index is 14.2. The molecular weight excluding hydrogens is 446 g/mol. The molecule has 0 bridgehead atoms. The lowest BCUT2D eigenvalue weighted by atomic mass is 9.86. The molecule has 1 aromatic heterocycles. The van der Waals surface area contributed by atoms with Crippen LogP contribution in [0.5, 0.6) is 0 Å². The second-order valence-electron chi connectivity index (χ2n) is 8.60. The summed E-state index contributed by atoms with van der Waals surface area (Å²) in [6.45, 7) is 7.81. The molecule has 2 aliphatic rings. The number of rotatable bonds is 7. The van der Waals surface area contributed by atoms with Crippen LogP contribution in [-0.2, 0) is 24.0 Å². The van der Waals surface area contributed by atoms with Crippen LogP contribution in [0.3, 0.4) is 0 Å². The third kappa shape index (κ3) is 5.75. The molecule has 0 aliphatic carbocycles. The van der Waals surface area contributed by atoms with Crippen molar-refractivity contribution in [3.8, 4) is 0 Å². The van der Waals surface area contributed by atoms with Crippen molar-refractivity contribution in [2.24, 2.45) is 5.73 Å². The Bertz CT molecular complexity index is 941. The minimum atomic E-state index is -3.06. The summed E-state index contributed by atoms with van der Waals surface area (Å²) in [5.74, 6) is -4.88. The summed E-state index contributed by atoms with van der Waals surface area (Å²) < 4.78 is 68.9. The van der Waals surface area contributed by atoms with Crippen LogP contribution in [-0.4, -0.2) is 73.1 Å². The van der Waals surface area contributed by atoms with E-state index < -0.39 is 47.2 Å². The van der Waals surface area contributed by atoms with E-state index in [0.29, 0.717) is 25.9 Å². The van der Waals surface area contributed by atoms with Crippen LogP contribution < -0.4 is 5.73 Å². The number of fused-ring (bicyclic) bond motifs is 1. The molecule has 178 valence electrons. The van der Waals surface area contributed by atoms with Crippen molar-refractivity contribution in [3.05, 3.63) is 53.9 Å². The molecule has 32 heavy (non-hydrogen) atoms. The van der Waals surface area contributed by atoms with Crippen LogP contribution in [0.1, 0.15) is 24.6 Å². The zero-order valence-corrected chi connectivity index (χ0v) is 19.1. The van der Waals surface area contributed by atoms with Crippen LogP contribution in [0.2, 0.25) is 0 Å². The molecule has 0 aromatic carbocycles. The topological polar surface area (TPSA) is 67.4 Å². The zero-order chi connectivity index (χ0) is 23.8. The molecule has 11 heteroatoms. The van der Waals surface area contributed by atoms with Crippen molar-refractivity contribution in [2.75, 3.05) is 25.9 Å². The van der Waals surface area contributed by atoms with Crippen molar-refractivity contribution in [1.82, 2.24) is 19.0 Å². The first-order chi connectivity index (χ1) is 14.9. The molecule has 1 saturated heterocycles. The number of allylic oxidation sites excluding steroid dienone is 2. The maximum absolute atomic E-state index is 14.2. The van der Waals surface area contributed by atoms with Gasteiger partial charge in [0.05, 0.1) is 18.3 Å². The monoisotopic (exact) mass is 475 g/mol. The molecule has 1 fully saturated rings. The van der Waals surface area contributed by atoms with Gasteiger partial charge >= 0.3 is 0 Å². The number of halogens is 4. The summed E-state index contributed by atoms with van der Waals surface area (Å²) in [6.07, 6.45) is 5.26. The number of likely N-dealkylation sites (tertiary alicyclic amines) is 1. The number of hydrogen-bond donors (Lipinski definition) is 1. The molecule has 2 N–H and O–H groups in total. The summed E-state index contributed by atoms with van der Waals surface area (Å²) in [5.41, 5.74) is 7.99. The largest absolute Gasteiger partial charge is 0.326 e. The van der Waals surface area contributed by atoms with Gasteiger partial charge in [-0.1, -0.05) is 13.2 Å². The van der Waals surface area contributed by atoms with E-state index in [4.69, 9.17) is 5.73 Å². The van der Waals surface area contributed by atoms with Crippen molar-refractivity contribution in [1.29, 1.82) is 0 Å². The van der Waals surface area contributed by atoms with Gasteiger partial charge in [0.25, 0.3) is 5.92 Å². The summed E-state index contributed by atoms with van der Waals surface area (Å²) in [7, 11) is -1.26. The first-order valence-corrected chi connectivity index (χ1v) is 11.8. The van der Waals surface area contributed by atoms with E-state index in [-0.39, 0.29) is 18.2 Å². The van der Waals surface area contributed by atoms with E-state index >= 15 is 0 Å². The van der Waals surface area contributed by atoms with E-state index in [9.17, 15) is 21.8 Å². The lowest BCUT2D eigenvalue weighted by Crippen LogP contribution is -2.62. The highest BCUT2D eigenvalue weighted by Gasteiger charge is 2.43. The minimum absolute atomic E-state index is 0.169. The molecule has 3 heterocycles. The van der Waals surface area contributed by atoms with Crippen LogP contribution in [0.4, 0.5) is 17.6 Å². The average Bonchev–Trinajstić information content (AvgIpc) is 3.08. The standard InChI is InChI=1S/C21H29F4N5OS/c1-13(22)7-17(14(2)23)20-18(26)8-16(10-29(20)12-21(3,24)25)28-6-5-15-9-30(32(4)31)27-19(15)11-28/h7,9,16,18,20H,1-2,5-6,8,10-12,26H2,3-4H3/b17-7+/t16-,18+,20-,32?/m1/s1. The second kappa shape index (κ2) is 9.58. The third-order valence-corrected chi connectivity index (χ3v) is 6.58. The second-order valence-corrected chi connectivity index (χ2v) is 9.82.